The van der Waals surface area contributed by atoms with Crippen LogP contribution < -0.4 is 5.32 Å². The van der Waals surface area contributed by atoms with Gasteiger partial charge in [0, 0.05) is 37.6 Å². The van der Waals surface area contributed by atoms with Gasteiger partial charge in [0.15, 0.2) is 5.13 Å². The highest BCUT2D eigenvalue weighted by atomic mass is 32.1. The van der Waals surface area contributed by atoms with Crippen LogP contribution in [0, 0.1) is 0 Å². The molecule has 1 spiro atoms. The third-order valence-electron chi connectivity index (χ3n) is 6.12. The molecule has 0 unspecified atom stereocenters. The highest BCUT2D eigenvalue weighted by Crippen LogP contribution is 2.44. The molecular weight excluding hydrogens is 344 g/mol. The molecule has 6 heteroatoms. The summed E-state index contributed by atoms with van der Waals surface area (Å²) in [4.78, 5) is 21.6. The lowest BCUT2D eigenvalue weighted by Crippen LogP contribution is -2.52. The van der Waals surface area contributed by atoms with Crippen molar-refractivity contribution in [3.8, 4) is 0 Å². The second kappa shape index (κ2) is 7.00. The largest absolute Gasteiger partial charge is 0.365 e. The van der Waals surface area contributed by atoms with Crippen molar-refractivity contribution < 1.29 is 4.79 Å². The Morgan fingerprint density at radius 3 is 2.65 bits per heavy atom. The summed E-state index contributed by atoms with van der Waals surface area (Å²) >= 11 is 1.48. The van der Waals surface area contributed by atoms with Crippen LogP contribution in [0.15, 0.2) is 35.7 Å². The van der Waals surface area contributed by atoms with Crippen LogP contribution in [0.2, 0.25) is 0 Å². The van der Waals surface area contributed by atoms with E-state index in [1.807, 2.05) is 17.3 Å². The predicted octanol–water partition coefficient (Wildman–Crippen LogP) is 3.28. The van der Waals surface area contributed by atoms with E-state index in [9.17, 15) is 4.79 Å². The van der Waals surface area contributed by atoms with Crippen LogP contribution in [0.5, 0.6) is 0 Å². The molecule has 2 saturated heterocycles. The van der Waals surface area contributed by atoms with Gasteiger partial charge in [0.2, 0.25) is 0 Å². The van der Waals surface area contributed by atoms with Gasteiger partial charge < -0.3 is 10.2 Å². The van der Waals surface area contributed by atoms with Crippen LogP contribution in [0.1, 0.15) is 41.2 Å². The van der Waals surface area contributed by atoms with Crippen LogP contribution >= 0.6 is 11.3 Å². The summed E-state index contributed by atoms with van der Waals surface area (Å²) in [5.74, 6) is 0.665. The first-order valence-corrected chi connectivity index (χ1v) is 10.2. The molecule has 2 aromatic rings. The van der Waals surface area contributed by atoms with Gasteiger partial charge in [-0.25, -0.2) is 4.98 Å². The second-order valence-corrected chi connectivity index (χ2v) is 8.35. The van der Waals surface area contributed by atoms with E-state index >= 15 is 0 Å². The highest BCUT2D eigenvalue weighted by molar-refractivity contribution is 7.13. The third kappa shape index (κ3) is 3.12. The molecule has 0 bridgehead atoms. The van der Waals surface area contributed by atoms with Crippen molar-refractivity contribution in [2.24, 2.45) is 0 Å². The van der Waals surface area contributed by atoms with Gasteiger partial charge in [-0.3, -0.25) is 9.69 Å². The number of hydrogen-bond donors (Lipinski definition) is 1. The van der Waals surface area contributed by atoms with E-state index in [-0.39, 0.29) is 11.4 Å². The van der Waals surface area contributed by atoms with Crippen LogP contribution in [-0.4, -0.2) is 60.0 Å². The molecule has 2 aliphatic rings. The van der Waals surface area contributed by atoms with Crippen molar-refractivity contribution in [1.29, 1.82) is 0 Å². The average Bonchev–Trinajstić information content (AvgIpc) is 3.28. The predicted molar refractivity (Wildman–Crippen MR) is 106 cm³/mol. The summed E-state index contributed by atoms with van der Waals surface area (Å²) in [5, 5.41) is 5.65. The lowest BCUT2D eigenvalue weighted by molar-refractivity contribution is 0.0488. The number of carbonyl (C=O) groups is 1. The first-order valence-electron chi connectivity index (χ1n) is 9.30. The molecule has 1 aromatic heterocycles. The second-order valence-electron chi connectivity index (χ2n) is 7.50. The standard InChI is InChI=1S/C20H26N4OS/c1-21-19-22-17(14-26-19)18(25)24-10-8-20(9-11-24)12-16(13-23(20)2)15-6-4-3-5-7-15/h3-7,14,16H,8-13H2,1-2H3,(H,21,22)/t16-/m0/s1. The van der Waals surface area contributed by atoms with Crippen LogP contribution in [-0.2, 0) is 0 Å². The number of nitrogens with one attached hydrogen (secondary N) is 1. The lowest BCUT2D eigenvalue weighted by atomic mass is 9.81. The van der Waals surface area contributed by atoms with Crippen molar-refractivity contribution in [2.45, 2.75) is 30.7 Å². The van der Waals surface area contributed by atoms with Gasteiger partial charge in [0.25, 0.3) is 5.91 Å². The van der Waals surface area contributed by atoms with Crippen molar-refractivity contribution >= 4 is 22.4 Å². The van der Waals surface area contributed by atoms with Gasteiger partial charge in [0.1, 0.15) is 5.69 Å². The number of likely N-dealkylation sites (N-methyl/N-ethyl adjacent to an activating group) is 1. The van der Waals surface area contributed by atoms with Gasteiger partial charge in [-0.2, -0.15) is 0 Å². The van der Waals surface area contributed by atoms with E-state index in [0.29, 0.717) is 11.6 Å². The maximum Gasteiger partial charge on any atom is 0.273 e. The van der Waals surface area contributed by atoms with Crippen LogP contribution in [0.4, 0.5) is 5.13 Å². The number of nitrogens with zero attached hydrogens (tertiary/aromatic N) is 3. The minimum Gasteiger partial charge on any atom is -0.365 e. The first kappa shape index (κ1) is 17.5. The number of thiazole rings is 1. The minimum atomic E-state index is 0.0675. The molecular formula is C20H26N4OS. The number of carbonyl (C=O) groups excluding carboxylic acids is 1. The van der Waals surface area contributed by atoms with Crippen molar-refractivity contribution in [1.82, 2.24) is 14.8 Å². The Balaban J connectivity index is 1.42. The molecule has 5 nitrogen and oxygen atoms in total. The Labute approximate surface area is 159 Å². The summed E-state index contributed by atoms with van der Waals surface area (Å²) in [7, 11) is 4.08. The Morgan fingerprint density at radius 1 is 1.27 bits per heavy atom. The summed E-state index contributed by atoms with van der Waals surface area (Å²) < 4.78 is 0. The number of aromatic nitrogens is 1. The Kier molecular flexibility index (Phi) is 4.71. The van der Waals surface area contributed by atoms with Crippen molar-refractivity contribution in [3.63, 3.8) is 0 Å². The summed E-state index contributed by atoms with van der Waals surface area (Å²) in [6.45, 7) is 2.74. The van der Waals surface area contributed by atoms with Gasteiger partial charge in [-0.05, 0) is 37.8 Å². The maximum atomic E-state index is 12.7. The minimum absolute atomic E-state index is 0.0675. The first-order chi connectivity index (χ1) is 12.6. The number of anilines is 1. The molecule has 1 amide bonds. The molecule has 0 saturated carbocycles. The zero-order valence-corrected chi connectivity index (χ0v) is 16.3. The van der Waals surface area contributed by atoms with E-state index < -0.39 is 0 Å². The summed E-state index contributed by atoms with van der Waals surface area (Å²) in [6, 6.07) is 10.8. The number of benzene rings is 1. The fraction of sp³-hybridized carbons (Fsp3) is 0.500. The summed E-state index contributed by atoms with van der Waals surface area (Å²) in [5.41, 5.74) is 2.24. The fourth-order valence-corrected chi connectivity index (χ4v) is 5.16. The monoisotopic (exact) mass is 370 g/mol. The third-order valence-corrected chi connectivity index (χ3v) is 6.98. The average molecular weight is 371 g/mol. The molecule has 0 aliphatic carbocycles. The molecule has 3 heterocycles. The van der Waals surface area contributed by atoms with Crippen molar-refractivity contribution in [3.05, 3.63) is 47.0 Å². The molecule has 2 aliphatic heterocycles. The Bertz CT molecular complexity index is 767. The Hall–Kier alpha value is -1.92. The molecule has 2 fully saturated rings. The summed E-state index contributed by atoms with van der Waals surface area (Å²) in [6.07, 6.45) is 3.28. The van der Waals surface area contributed by atoms with E-state index in [4.69, 9.17) is 0 Å². The van der Waals surface area contributed by atoms with Crippen LogP contribution in [0.25, 0.3) is 0 Å². The van der Waals surface area contributed by atoms with Crippen LogP contribution in [0.3, 0.4) is 0 Å². The molecule has 0 radical (unpaired) electrons. The number of amides is 1. The van der Waals surface area contributed by atoms with Gasteiger partial charge >= 0.3 is 0 Å². The van der Waals surface area contributed by atoms with E-state index in [1.165, 1.54) is 23.3 Å². The quantitative estimate of drug-likeness (QED) is 0.901. The van der Waals surface area contributed by atoms with E-state index in [1.54, 1.807) is 0 Å². The fourth-order valence-electron chi connectivity index (χ4n) is 4.51. The van der Waals surface area contributed by atoms with Gasteiger partial charge in [0.05, 0.1) is 0 Å². The molecule has 1 aromatic carbocycles. The van der Waals surface area contributed by atoms with Gasteiger partial charge in [-0.1, -0.05) is 30.3 Å². The van der Waals surface area contributed by atoms with Crippen molar-refractivity contribution in [2.75, 3.05) is 39.0 Å². The smallest absolute Gasteiger partial charge is 0.273 e. The molecule has 26 heavy (non-hydrogen) atoms. The molecule has 1 N–H and O–H groups in total. The topological polar surface area (TPSA) is 48.5 Å². The number of likely N-dealkylation sites (tertiary alicyclic amines) is 2. The van der Waals surface area contributed by atoms with E-state index in [2.05, 4.69) is 52.6 Å². The molecule has 4 rings (SSSR count). The van der Waals surface area contributed by atoms with E-state index in [0.717, 1.165) is 37.6 Å². The number of rotatable bonds is 3. The highest BCUT2D eigenvalue weighted by Gasteiger charge is 2.46. The lowest BCUT2D eigenvalue weighted by Gasteiger charge is -2.43. The number of hydrogen-bond acceptors (Lipinski definition) is 5. The Morgan fingerprint density at radius 2 is 2.00 bits per heavy atom. The normalized spacial score (nSPS) is 22.7. The zero-order chi connectivity index (χ0) is 18.1. The molecule has 138 valence electrons. The molecule has 1 atom stereocenters. The SMILES string of the molecule is CNc1nc(C(=O)N2CCC3(CC2)C[C@H](c2ccccc2)CN3C)cs1. The van der Waals surface area contributed by atoms with Gasteiger partial charge in [-0.15, -0.1) is 11.3 Å². The zero-order valence-electron chi connectivity index (χ0n) is 15.4. The number of piperidine rings is 1. The maximum absolute atomic E-state index is 12.7.